The van der Waals surface area contributed by atoms with Crippen molar-refractivity contribution in [3.63, 3.8) is 0 Å². The van der Waals surface area contributed by atoms with Crippen molar-refractivity contribution in [3.8, 4) is 0 Å². The molecule has 2 aromatic rings. The van der Waals surface area contributed by atoms with Gasteiger partial charge in [0.2, 0.25) is 5.91 Å². The zero-order valence-electron chi connectivity index (χ0n) is 10.5. The van der Waals surface area contributed by atoms with Gasteiger partial charge in [-0.2, -0.15) is 0 Å². The van der Waals surface area contributed by atoms with Crippen LogP contribution in [0.5, 0.6) is 0 Å². The highest BCUT2D eigenvalue weighted by atomic mass is 16.2. The molecule has 0 unspecified atom stereocenters. The third-order valence-electron chi connectivity index (χ3n) is 3.75. The van der Waals surface area contributed by atoms with E-state index in [2.05, 4.69) is 29.2 Å². The summed E-state index contributed by atoms with van der Waals surface area (Å²) in [5.41, 5.74) is 2.42. The maximum Gasteiger partial charge on any atom is 0.222 e. The van der Waals surface area contributed by atoms with Crippen LogP contribution in [0.1, 0.15) is 24.8 Å². The molecule has 1 aromatic heterocycles. The first-order valence-corrected chi connectivity index (χ1v) is 6.67. The summed E-state index contributed by atoms with van der Waals surface area (Å²) in [6.07, 6.45) is 5.75. The van der Waals surface area contributed by atoms with Crippen LogP contribution in [0.4, 0.5) is 0 Å². The highest BCUT2D eigenvalue weighted by Crippen LogP contribution is 2.19. The molecule has 2 heterocycles. The summed E-state index contributed by atoms with van der Waals surface area (Å²) in [4.78, 5) is 17.2. The first kappa shape index (κ1) is 11.3. The van der Waals surface area contributed by atoms with Crippen LogP contribution in [0.15, 0.2) is 30.5 Å². The van der Waals surface area contributed by atoms with Crippen LogP contribution in [-0.4, -0.2) is 28.9 Å². The number of aromatic nitrogens is 1. The van der Waals surface area contributed by atoms with E-state index in [1.165, 1.54) is 23.8 Å². The molecular weight excluding hydrogens is 224 g/mol. The van der Waals surface area contributed by atoms with Crippen molar-refractivity contribution in [1.82, 2.24) is 9.88 Å². The van der Waals surface area contributed by atoms with Gasteiger partial charge in [-0.3, -0.25) is 4.79 Å². The SMILES string of the molecule is O=C(CCc1cccc2[nH]ccc12)N1CCCC1. The summed E-state index contributed by atoms with van der Waals surface area (Å²) >= 11 is 0. The van der Waals surface area contributed by atoms with E-state index in [1.54, 1.807) is 0 Å². The third-order valence-corrected chi connectivity index (χ3v) is 3.75. The molecule has 1 N–H and O–H groups in total. The molecule has 0 saturated carbocycles. The van der Waals surface area contributed by atoms with Crippen LogP contribution in [0.2, 0.25) is 0 Å². The molecule has 0 spiro atoms. The maximum absolute atomic E-state index is 12.0. The Kier molecular flexibility index (Phi) is 3.05. The second kappa shape index (κ2) is 4.84. The number of H-pyrrole nitrogens is 1. The number of hydrogen-bond donors (Lipinski definition) is 1. The van der Waals surface area contributed by atoms with Crippen molar-refractivity contribution < 1.29 is 4.79 Å². The van der Waals surface area contributed by atoms with Crippen LogP contribution >= 0.6 is 0 Å². The summed E-state index contributed by atoms with van der Waals surface area (Å²) < 4.78 is 0. The Morgan fingerprint density at radius 2 is 2.06 bits per heavy atom. The number of nitrogens with one attached hydrogen (secondary N) is 1. The molecule has 0 atom stereocenters. The Bertz CT molecular complexity index is 552. The minimum atomic E-state index is 0.306. The van der Waals surface area contributed by atoms with Gasteiger partial charge in [0, 0.05) is 36.6 Å². The van der Waals surface area contributed by atoms with Gasteiger partial charge in [0.15, 0.2) is 0 Å². The van der Waals surface area contributed by atoms with Crippen molar-refractivity contribution in [2.24, 2.45) is 0 Å². The highest BCUT2D eigenvalue weighted by Gasteiger charge is 2.17. The average molecular weight is 242 g/mol. The van der Waals surface area contributed by atoms with Gasteiger partial charge in [-0.25, -0.2) is 0 Å². The lowest BCUT2D eigenvalue weighted by Gasteiger charge is -2.15. The lowest BCUT2D eigenvalue weighted by atomic mass is 10.0. The lowest BCUT2D eigenvalue weighted by molar-refractivity contribution is -0.130. The number of aromatic amines is 1. The molecule has 1 aliphatic rings. The standard InChI is InChI=1S/C15H18N2O/c18-15(17-10-1-2-11-17)7-6-12-4-3-5-14-13(12)8-9-16-14/h3-5,8-9,16H,1-2,6-7,10-11H2. The molecule has 0 radical (unpaired) electrons. The number of aryl methyl sites for hydroxylation is 1. The molecule has 1 aliphatic heterocycles. The van der Waals surface area contributed by atoms with Gasteiger partial charge < -0.3 is 9.88 Å². The van der Waals surface area contributed by atoms with E-state index in [0.717, 1.165) is 25.0 Å². The van der Waals surface area contributed by atoms with Gasteiger partial charge in [0.1, 0.15) is 0 Å². The van der Waals surface area contributed by atoms with Crippen molar-refractivity contribution in [2.45, 2.75) is 25.7 Å². The number of amides is 1. The number of benzene rings is 1. The summed E-state index contributed by atoms with van der Waals surface area (Å²) in [5.74, 6) is 0.306. The second-order valence-corrected chi connectivity index (χ2v) is 4.94. The van der Waals surface area contributed by atoms with Gasteiger partial charge >= 0.3 is 0 Å². The van der Waals surface area contributed by atoms with E-state index in [-0.39, 0.29) is 0 Å². The van der Waals surface area contributed by atoms with Crippen LogP contribution in [-0.2, 0) is 11.2 Å². The number of nitrogens with zero attached hydrogens (tertiary/aromatic N) is 1. The Labute approximate surface area is 107 Å². The van der Waals surface area contributed by atoms with Crippen LogP contribution in [0.3, 0.4) is 0 Å². The van der Waals surface area contributed by atoms with E-state index in [9.17, 15) is 4.79 Å². The van der Waals surface area contributed by atoms with Crippen molar-refractivity contribution in [2.75, 3.05) is 13.1 Å². The molecule has 1 fully saturated rings. The van der Waals surface area contributed by atoms with Gasteiger partial charge in [-0.1, -0.05) is 12.1 Å². The molecule has 18 heavy (non-hydrogen) atoms. The first-order valence-electron chi connectivity index (χ1n) is 6.67. The molecule has 3 nitrogen and oxygen atoms in total. The van der Waals surface area contributed by atoms with Crippen molar-refractivity contribution >= 4 is 16.8 Å². The fourth-order valence-electron chi connectivity index (χ4n) is 2.73. The quantitative estimate of drug-likeness (QED) is 0.882. The molecule has 1 saturated heterocycles. The number of carbonyl (C=O) groups excluding carboxylic acids is 1. The lowest BCUT2D eigenvalue weighted by Crippen LogP contribution is -2.27. The number of carbonyl (C=O) groups is 1. The normalized spacial score (nSPS) is 15.4. The number of hydrogen-bond acceptors (Lipinski definition) is 1. The van der Waals surface area contributed by atoms with Gasteiger partial charge in [-0.15, -0.1) is 0 Å². The zero-order chi connectivity index (χ0) is 12.4. The summed E-state index contributed by atoms with van der Waals surface area (Å²) in [5, 5.41) is 1.24. The number of rotatable bonds is 3. The summed E-state index contributed by atoms with van der Waals surface area (Å²) in [7, 11) is 0. The first-order chi connectivity index (χ1) is 8.84. The fraction of sp³-hybridized carbons (Fsp3) is 0.400. The van der Waals surface area contributed by atoms with Crippen molar-refractivity contribution in [3.05, 3.63) is 36.0 Å². The molecule has 3 rings (SSSR count). The van der Waals surface area contributed by atoms with Gasteiger partial charge in [0.05, 0.1) is 0 Å². The minimum absolute atomic E-state index is 0.306. The van der Waals surface area contributed by atoms with E-state index >= 15 is 0 Å². The molecule has 1 aromatic carbocycles. The van der Waals surface area contributed by atoms with Crippen LogP contribution in [0.25, 0.3) is 10.9 Å². The Morgan fingerprint density at radius 3 is 2.89 bits per heavy atom. The van der Waals surface area contributed by atoms with Crippen LogP contribution in [0, 0.1) is 0 Å². The Morgan fingerprint density at radius 1 is 1.22 bits per heavy atom. The number of likely N-dealkylation sites (tertiary alicyclic amines) is 1. The second-order valence-electron chi connectivity index (χ2n) is 4.94. The summed E-state index contributed by atoms with van der Waals surface area (Å²) in [6.45, 7) is 1.90. The molecular formula is C15H18N2O. The topological polar surface area (TPSA) is 36.1 Å². The van der Waals surface area contributed by atoms with Crippen molar-refractivity contribution in [1.29, 1.82) is 0 Å². The fourth-order valence-corrected chi connectivity index (χ4v) is 2.73. The zero-order valence-corrected chi connectivity index (χ0v) is 10.5. The van der Waals surface area contributed by atoms with Gasteiger partial charge in [0.25, 0.3) is 0 Å². The molecule has 1 amide bonds. The predicted molar refractivity (Wildman–Crippen MR) is 72.4 cm³/mol. The Hall–Kier alpha value is -1.77. The predicted octanol–water partition coefficient (Wildman–Crippen LogP) is 2.72. The van der Waals surface area contributed by atoms with E-state index in [0.29, 0.717) is 12.3 Å². The van der Waals surface area contributed by atoms with E-state index in [1.807, 2.05) is 11.1 Å². The highest BCUT2D eigenvalue weighted by molar-refractivity contribution is 5.84. The maximum atomic E-state index is 12.0. The van der Waals surface area contributed by atoms with E-state index < -0.39 is 0 Å². The summed E-state index contributed by atoms with van der Waals surface area (Å²) in [6, 6.07) is 8.33. The monoisotopic (exact) mass is 242 g/mol. The molecule has 0 bridgehead atoms. The average Bonchev–Trinajstić information content (AvgIpc) is 3.05. The Balaban J connectivity index is 1.69. The van der Waals surface area contributed by atoms with Gasteiger partial charge in [-0.05, 0) is 37.0 Å². The third kappa shape index (κ3) is 2.13. The van der Waals surface area contributed by atoms with Crippen LogP contribution < -0.4 is 0 Å². The molecule has 94 valence electrons. The molecule has 0 aliphatic carbocycles. The number of fused-ring (bicyclic) bond motifs is 1. The smallest absolute Gasteiger partial charge is 0.222 e. The molecule has 3 heteroatoms. The minimum Gasteiger partial charge on any atom is -0.361 e. The van der Waals surface area contributed by atoms with E-state index in [4.69, 9.17) is 0 Å². The largest absolute Gasteiger partial charge is 0.361 e.